The van der Waals surface area contributed by atoms with E-state index in [4.69, 9.17) is 23.2 Å². The molecule has 0 amide bonds. The van der Waals surface area contributed by atoms with Crippen molar-refractivity contribution >= 4 is 33.2 Å². The standard InChI is InChI=1S/C15H24Cl2N2O2S/c1-4-19(5-2)10-6-7-12(3)18-22(20,21)15-11-13(16)8-9-14(15)17/h8-9,11-12,18H,4-7,10H2,1-3H3/p+1/t12-/m1/s1. The van der Waals surface area contributed by atoms with Crippen LogP contribution < -0.4 is 9.62 Å². The molecule has 0 aliphatic carbocycles. The third kappa shape index (κ3) is 6.05. The molecule has 1 aromatic rings. The van der Waals surface area contributed by atoms with Crippen LogP contribution in [0.5, 0.6) is 0 Å². The fourth-order valence-electron chi connectivity index (χ4n) is 2.33. The Hall–Kier alpha value is -0.330. The first kappa shape index (κ1) is 19.7. The van der Waals surface area contributed by atoms with Crippen LogP contribution in [0, 0.1) is 0 Å². The number of benzene rings is 1. The summed E-state index contributed by atoms with van der Waals surface area (Å²) in [6.45, 7) is 9.42. The molecule has 2 N–H and O–H groups in total. The SMILES string of the molecule is CC[NH+](CC)CCC[C@@H](C)NS(=O)(=O)c1cc(Cl)ccc1Cl. The van der Waals surface area contributed by atoms with Crippen molar-refractivity contribution in [3.8, 4) is 0 Å². The molecule has 0 aliphatic heterocycles. The number of quaternary nitrogens is 1. The summed E-state index contributed by atoms with van der Waals surface area (Å²) < 4.78 is 27.4. The Morgan fingerprint density at radius 2 is 1.86 bits per heavy atom. The highest BCUT2D eigenvalue weighted by atomic mass is 35.5. The maximum atomic E-state index is 12.4. The molecular formula is C15H25Cl2N2O2S+. The summed E-state index contributed by atoms with van der Waals surface area (Å²) in [6, 6.07) is 4.29. The Morgan fingerprint density at radius 1 is 1.23 bits per heavy atom. The normalized spacial score (nSPS) is 13.5. The topological polar surface area (TPSA) is 50.6 Å². The van der Waals surface area contributed by atoms with Crippen LogP contribution in [0.4, 0.5) is 0 Å². The van der Waals surface area contributed by atoms with Crippen molar-refractivity contribution in [1.82, 2.24) is 4.72 Å². The Bertz CT molecular complexity index is 575. The van der Waals surface area contributed by atoms with Gasteiger partial charge in [-0.15, -0.1) is 0 Å². The van der Waals surface area contributed by atoms with Crippen LogP contribution in [-0.2, 0) is 10.0 Å². The van der Waals surface area contributed by atoms with E-state index < -0.39 is 10.0 Å². The predicted octanol–water partition coefficient (Wildman–Crippen LogP) is 2.37. The molecule has 1 rings (SSSR count). The van der Waals surface area contributed by atoms with Crippen LogP contribution in [0.25, 0.3) is 0 Å². The summed E-state index contributed by atoms with van der Waals surface area (Å²) in [4.78, 5) is 1.55. The van der Waals surface area contributed by atoms with Gasteiger partial charge >= 0.3 is 0 Å². The Kier molecular flexibility index (Phi) is 8.14. The summed E-state index contributed by atoms with van der Waals surface area (Å²) in [6.07, 6.45) is 1.77. The van der Waals surface area contributed by atoms with E-state index in [1.807, 2.05) is 6.92 Å². The van der Waals surface area contributed by atoms with E-state index in [1.54, 1.807) is 6.07 Å². The van der Waals surface area contributed by atoms with Crippen LogP contribution in [0.2, 0.25) is 10.0 Å². The lowest BCUT2D eigenvalue weighted by atomic mass is 10.2. The summed E-state index contributed by atoms with van der Waals surface area (Å²) in [5.41, 5.74) is 0. The van der Waals surface area contributed by atoms with Crippen LogP contribution in [0.3, 0.4) is 0 Å². The molecule has 0 aliphatic rings. The molecule has 22 heavy (non-hydrogen) atoms. The molecule has 0 bridgehead atoms. The van der Waals surface area contributed by atoms with E-state index in [-0.39, 0.29) is 16.0 Å². The number of hydrogen-bond donors (Lipinski definition) is 2. The Balaban J connectivity index is 2.62. The first-order valence-corrected chi connectivity index (χ1v) is 9.85. The summed E-state index contributed by atoms with van der Waals surface area (Å²) in [7, 11) is -3.65. The summed E-state index contributed by atoms with van der Waals surface area (Å²) in [5, 5.41) is 0.527. The molecule has 0 radical (unpaired) electrons. The molecule has 0 fully saturated rings. The van der Waals surface area contributed by atoms with E-state index in [0.29, 0.717) is 5.02 Å². The van der Waals surface area contributed by atoms with Crippen molar-refractivity contribution in [2.75, 3.05) is 19.6 Å². The van der Waals surface area contributed by atoms with Crippen LogP contribution >= 0.6 is 23.2 Å². The van der Waals surface area contributed by atoms with Crippen LogP contribution in [-0.4, -0.2) is 34.1 Å². The van der Waals surface area contributed by atoms with E-state index in [2.05, 4.69) is 18.6 Å². The van der Waals surface area contributed by atoms with Gasteiger partial charge in [0, 0.05) is 11.1 Å². The van der Waals surface area contributed by atoms with Gasteiger partial charge in [-0.2, -0.15) is 0 Å². The zero-order valence-electron chi connectivity index (χ0n) is 13.3. The van der Waals surface area contributed by atoms with Crippen molar-refractivity contribution in [1.29, 1.82) is 0 Å². The van der Waals surface area contributed by atoms with Crippen molar-refractivity contribution in [2.45, 2.75) is 44.6 Å². The van der Waals surface area contributed by atoms with Gasteiger partial charge in [0.2, 0.25) is 10.0 Å². The monoisotopic (exact) mass is 367 g/mol. The number of sulfonamides is 1. The van der Waals surface area contributed by atoms with Gasteiger partial charge in [0.25, 0.3) is 0 Å². The largest absolute Gasteiger partial charge is 0.335 e. The molecule has 0 heterocycles. The molecule has 0 aromatic heterocycles. The van der Waals surface area contributed by atoms with Crippen LogP contribution in [0.1, 0.15) is 33.6 Å². The van der Waals surface area contributed by atoms with Gasteiger partial charge in [0.15, 0.2) is 0 Å². The highest BCUT2D eigenvalue weighted by Crippen LogP contribution is 2.25. The fourth-order valence-corrected chi connectivity index (χ4v) is 4.37. The molecule has 4 nitrogen and oxygen atoms in total. The zero-order chi connectivity index (χ0) is 16.8. The number of hydrogen-bond acceptors (Lipinski definition) is 2. The maximum absolute atomic E-state index is 12.4. The predicted molar refractivity (Wildman–Crippen MR) is 92.4 cm³/mol. The van der Waals surface area contributed by atoms with Gasteiger partial charge in [-0.3, -0.25) is 0 Å². The van der Waals surface area contributed by atoms with Crippen molar-refractivity contribution < 1.29 is 13.3 Å². The molecule has 1 aromatic carbocycles. The van der Waals surface area contributed by atoms with Gasteiger partial charge in [-0.25, -0.2) is 13.1 Å². The lowest BCUT2D eigenvalue weighted by Crippen LogP contribution is -3.11. The van der Waals surface area contributed by atoms with Crippen molar-refractivity contribution in [2.24, 2.45) is 0 Å². The second-order valence-electron chi connectivity index (χ2n) is 5.45. The van der Waals surface area contributed by atoms with Gasteiger partial charge in [0.1, 0.15) is 4.90 Å². The number of rotatable bonds is 9. The maximum Gasteiger partial charge on any atom is 0.242 e. The lowest BCUT2D eigenvalue weighted by molar-refractivity contribution is -0.896. The third-order valence-corrected chi connectivity index (χ3v) is 6.01. The Morgan fingerprint density at radius 3 is 2.45 bits per heavy atom. The zero-order valence-corrected chi connectivity index (χ0v) is 15.7. The average Bonchev–Trinajstić information content (AvgIpc) is 2.45. The molecular weight excluding hydrogens is 343 g/mol. The first-order valence-electron chi connectivity index (χ1n) is 7.61. The summed E-state index contributed by atoms with van der Waals surface area (Å²) >= 11 is 11.8. The molecule has 0 unspecified atom stereocenters. The number of nitrogens with one attached hydrogen (secondary N) is 2. The molecule has 0 saturated heterocycles. The van der Waals surface area contributed by atoms with Gasteiger partial charge in [-0.1, -0.05) is 23.2 Å². The van der Waals surface area contributed by atoms with Gasteiger partial charge in [-0.05, 0) is 51.8 Å². The molecule has 1 atom stereocenters. The molecule has 0 saturated carbocycles. The molecule has 126 valence electrons. The first-order chi connectivity index (χ1) is 10.3. The second-order valence-corrected chi connectivity index (χ2v) is 7.97. The molecule has 7 heteroatoms. The summed E-state index contributed by atoms with van der Waals surface area (Å²) in [5.74, 6) is 0. The van der Waals surface area contributed by atoms with Crippen molar-refractivity contribution in [3.63, 3.8) is 0 Å². The lowest BCUT2D eigenvalue weighted by Gasteiger charge is -2.18. The molecule has 0 spiro atoms. The van der Waals surface area contributed by atoms with E-state index in [0.717, 1.165) is 32.5 Å². The fraction of sp³-hybridized carbons (Fsp3) is 0.600. The highest BCUT2D eigenvalue weighted by molar-refractivity contribution is 7.89. The Labute approximate surface area is 143 Å². The highest BCUT2D eigenvalue weighted by Gasteiger charge is 2.21. The minimum atomic E-state index is -3.65. The van der Waals surface area contributed by atoms with Crippen molar-refractivity contribution in [3.05, 3.63) is 28.2 Å². The van der Waals surface area contributed by atoms with Crippen LogP contribution in [0.15, 0.2) is 23.1 Å². The van der Waals surface area contributed by atoms with E-state index in [9.17, 15) is 8.42 Å². The number of halogens is 2. The second kappa shape index (κ2) is 9.08. The quantitative estimate of drug-likeness (QED) is 0.703. The third-order valence-electron chi connectivity index (χ3n) is 3.71. The average molecular weight is 368 g/mol. The van der Waals surface area contributed by atoms with Gasteiger partial charge < -0.3 is 4.90 Å². The van der Waals surface area contributed by atoms with Gasteiger partial charge in [0.05, 0.1) is 24.7 Å². The van der Waals surface area contributed by atoms with E-state index >= 15 is 0 Å². The minimum absolute atomic E-state index is 0.0304. The van der Waals surface area contributed by atoms with E-state index in [1.165, 1.54) is 17.0 Å². The smallest absolute Gasteiger partial charge is 0.242 e. The minimum Gasteiger partial charge on any atom is -0.335 e.